The van der Waals surface area contributed by atoms with Gasteiger partial charge in [-0.15, -0.1) is 0 Å². The number of amides is 1. The molecule has 2 N–H and O–H groups in total. The Hall–Kier alpha value is -3.14. The minimum absolute atomic E-state index is 0.164. The first-order chi connectivity index (χ1) is 12.1. The molecule has 0 spiro atoms. The van der Waals surface area contributed by atoms with E-state index in [0.29, 0.717) is 6.54 Å². The highest BCUT2D eigenvalue weighted by atomic mass is 16.4. The van der Waals surface area contributed by atoms with Crippen LogP contribution in [0, 0.1) is 5.92 Å². The number of nitrogens with one attached hydrogen (secondary N) is 1. The normalized spacial score (nSPS) is 11.8. The second kappa shape index (κ2) is 7.62. The van der Waals surface area contributed by atoms with E-state index in [1.54, 1.807) is 0 Å². The van der Waals surface area contributed by atoms with Gasteiger partial charge in [-0.1, -0.05) is 72.8 Å². The molecule has 4 heteroatoms. The number of carbonyl (C=O) groups is 2. The van der Waals surface area contributed by atoms with Gasteiger partial charge in [0.2, 0.25) is 5.91 Å². The van der Waals surface area contributed by atoms with E-state index in [1.165, 1.54) is 0 Å². The Bertz CT molecular complexity index is 885. The van der Waals surface area contributed by atoms with Crippen LogP contribution in [0.3, 0.4) is 0 Å². The highest BCUT2D eigenvalue weighted by Crippen LogP contribution is 2.21. The first-order valence-electron chi connectivity index (χ1n) is 8.16. The molecule has 0 aliphatic rings. The number of hydrogen-bond acceptors (Lipinski definition) is 2. The molecule has 3 aromatic carbocycles. The van der Waals surface area contributed by atoms with Gasteiger partial charge in [0.05, 0.1) is 0 Å². The molecule has 0 radical (unpaired) electrons. The second-order valence-electron chi connectivity index (χ2n) is 5.94. The molecule has 25 heavy (non-hydrogen) atoms. The molecule has 1 amide bonds. The minimum Gasteiger partial charge on any atom is -0.481 e. The first kappa shape index (κ1) is 16.7. The van der Waals surface area contributed by atoms with Crippen LogP contribution >= 0.6 is 0 Å². The largest absolute Gasteiger partial charge is 0.481 e. The lowest BCUT2D eigenvalue weighted by molar-refractivity contribution is -0.146. The van der Waals surface area contributed by atoms with Gasteiger partial charge in [0.15, 0.2) is 0 Å². The number of carboxylic acids is 1. The third-order valence-electron chi connectivity index (χ3n) is 4.23. The van der Waals surface area contributed by atoms with E-state index in [-0.39, 0.29) is 6.42 Å². The van der Waals surface area contributed by atoms with Crippen LogP contribution in [0.4, 0.5) is 0 Å². The molecule has 126 valence electrons. The number of aliphatic carboxylic acids is 1. The van der Waals surface area contributed by atoms with Gasteiger partial charge in [-0.05, 0) is 28.3 Å². The lowest BCUT2D eigenvalue weighted by Crippen LogP contribution is -2.36. The van der Waals surface area contributed by atoms with Crippen molar-refractivity contribution in [3.8, 4) is 0 Å². The Kier molecular flexibility index (Phi) is 5.09. The molecule has 0 bridgehead atoms. The van der Waals surface area contributed by atoms with E-state index in [0.717, 1.165) is 21.9 Å². The summed E-state index contributed by atoms with van der Waals surface area (Å²) in [7, 11) is 0. The highest BCUT2D eigenvalue weighted by Gasteiger charge is 2.26. The second-order valence-corrected chi connectivity index (χ2v) is 5.94. The van der Waals surface area contributed by atoms with Gasteiger partial charge in [-0.25, -0.2) is 0 Å². The number of carboxylic acid groups (broad SMARTS) is 1. The van der Waals surface area contributed by atoms with E-state index in [1.807, 2.05) is 72.8 Å². The Balaban J connectivity index is 1.76. The lowest BCUT2D eigenvalue weighted by atomic mass is 9.94. The summed E-state index contributed by atoms with van der Waals surface area (Å²) in [5.74, 6) is -2.70. The van der Waals surface area contributed by atoms with Crippen LogP contribution in [-0.4, -0.2) is 17.0 Å². The lowest BCUT2D eigenvalue weighted by Gasteiger charge is -2.14. The first-order valence-corrected chi connectivity index (χ1v) is 8.16. The Labute approximate surface area is 146 Å². The molecule has 0 aromatic heterocycles. The Morgan fingerprint density at radius 1 is 0.880 bits per heavy atom. The van der Waals surface area contributed by atoms with E-state index < -0.39 is 17.8 Å². The summed E-state index contributed by atoms with van der Waals surface area (Å²) in [6.07, 6.45) is 0.164. The molecule has 3 rings (SSSR count). The molecule has 1 unspecified atom stereocenters. The molecule has 0 fully saturated rings. The molecule has 0 saturated heterocycles. The van der Waals surface area contributed by atoms with Crippen molar-refractivity contribution in [2.24, 2.45) is 5.92 Å². The van der Waals surface area contributed by atoms with Crippen molar-refractivity contribution in [3.05, 3.63) is 83.9 Å². The zero-order valence-electron chi connectivity index (χ0n) is 13.7. The zero-order valence-corrected chi connectivity index (χ0v) is 13.7. The third-order valence-corrected chi connectivity index (χ3v) is 4.23. The van der Waals surface area contributed by atoms with E-state index in [2.05, 4.69) is 5.32 Å². The predicted octanol–water partition coefficient (Wildman–Crippen LogP) is 3.40. The number of carbonyl (C=O) groups excluding carboxylic acids is 1. The molecule has 0 saturated carbocycles. The van der Waals surface area contributed by atoms with Gasteiger partial charge in [0, 0.05) is 6.54 Å². The van der Waals surface area contributed by atoms with Gasteiger partial charge in [0.25, 0.3) is 0 Å². The maximum absolute atomic E-state index is 12.4. The minimum atomic E-state index is -1.12. The molecule has 3 aromatic rings. The summed E-state index contributed by atoms with van der Waals surface area (Å²) in [6, 6.07) is 23.0. The quantitative estimate of drug-likeness (QED) is 0.680. The molecule has 1 atom stereocenters. The predicted molar refractivity (Wildman–Crippen MR) is 97.1 cm³/mol. The highest BCUT2D eigenvalue weighted by molar-refractivity contribution is 5.98. The van der Waals surface area contributed by atoms with E-state index in [9.17, 15) is 14.7 Å². The SMILES string of the molecule is O=C(O)C(Cc1cccc2ccccc12)C(=O)NCc1ccccc1. The van der Waals surface area contributed by atoms with E-state index >= 15 is 0 Å². The van der Waals surface area contributed by atoms with Gasteiger partial charge in [-0.3, -0.25) is 9.59 Å². The number of rotatable bonds is 6. The van der Waals surface area contributed by atoms with Crippen LogP contribution in [-0.2, 0) is 22.6 Å². The topological polar surface area (TPSA) is 66.4 Å². The van der Waals surface area contributed by atoms with Crippen LogP contribution in [0.1, 0.15) is 11.1 Å². The fourth-order valence-corrected chi connectivity index (χ4v) is 2.89. The van der Waals surface area contributed by atoms with Gasteiger partial charge in [-0.2, -0.15) is 0 Å². The third kappa shape index (κ3) is 4.04. The standard InChI is InChI=1S/C21H19NO3/c23-20(22-14-15-7-2-1-3-8-15)19(21(24)25)13-17-11-6-10-16-9-4-5-12-18(16)17/h1-12,19H,13-14H2,(H,22,23)(H,24,25). The number of hydrogen-bond donors (Lipinski definition) is 2. The van der Waals surface area contributed by atoms with E-state index in [4.69, 9.17) is 0 Å². The van der Waals surface area contributed by atoms with Crippen LogP contribution in [0.2, 0.25) is 0 Å². The maximum Gasteiger partial charge on any atom is 0.316 e. The fraction of sp³-hybridized carbons (Fsp3) is 0.143. The molecule has 4 nitrogen and oxygen atoms in total. The monoisotopic (exact) mass is 333 g/mol. The van der Waals surface area contributed by atoms with Crippen molar-refractivity contribution in [2.45, 2.75) is 13.0 Å². The average molecular weight is 333 g/mol. The number of benzene rings is 3. The molecule has 0 aliphatic heterocycles. The van der Waals surface area contributed by atoms with Gasteiger partial charge in [0.1, 0.15) is 5.92 Å². The Morgan fingerprint density at radius 2 is 1.56 bits per heavy atom. The van der Waals surface area contributed by atoms with Crippen molar-refractivity contribution in [2.75, 3.05) is 0 Å². The van der Waals surface area contributed by atoms with Crippen molar-refractivity contribution >= 4 is 22.6 Å². The van der Waals surface area contributed by atoms with Gasteiger partial charge < -0.3 is 10.4 Å². The summed E-state index contributed by atoms with van der Waals surface area (Å²) in [5, 5.41) is 14.3. The van der Waals surface area contributed by atoms with Crippen molar-refractivity contribution < 1.29 is 14.7 Å². The average Bonchev–Trinajstić information content (AvgIpc) is 2.65. The fourth-order valence-electron chi connectivity index (χ4n) is 2.89. The Morgan fingerprint density at radius 3 is 2.32 bits per heavy atom. The van der Waals surface area contributed by atoms with Crippen molar-refractivity contribution in [1.29, 1.82) is 0 Å². The van der Waals surface area contributed by atoms with Crippen LogP contribution in [0.25, 0.3) is 10.8 Å². The zero-order chi connectivity index (χ0) is 17.6. The van der Waals surface area contributed by atoms with Crippen LogP contribution < -0.4 is 5.32 Å². The van der Waals surface area contributed by atoms with Crippen molar-refractivity contribution in [1.82, 2.24) is 5.32 Å². The molecular formula is C21H19NO3. The summed E-state index contributed by atoms with van der Waals surface area (Å²) < 4.78 is 0. The summed E-state index contributed by atoms with van der Waals surface area (Å²) in [4.78, 5) is 24.0. The molecule has 0 aliphatic carbocycles. The van der Waals surface area contributed by atoms with Gasteiger partial charge >= 0.3 is 5.97 Å². The van der Waals surface area contributed by atoms with Crippen molar-refractivity contribution in [3.63, 3.8) is 0 Å². The summed E-state index contributed by atoms with van der Waals surface area (Å²) >= 11 is 0. The smallest absolute Gasteiger partial charge is 0.316 e. The molecular weight excluding hydrogens is 314 g/mol. The van der Waals surface area contributed by atoms with Crippen LogP contribution in [0.15, 0.2) is 72.8 Å². The van der Waals surface area contributed by atoms with Crippen LogP contribution in [0.5, 0.6) is 0 Å². The number of fused-ring (bicyclic) bond motifs is 1. The summed E-state index contributed by atoms with van der Waals surface area (Å²) in [5.41, 5.74) is 1.80. The molecule has 0 heterocycles. The maximum atomic E-state index is 12.4. The summed E-state index contributed by atoms with van der Waals surface area (Å²) in [6.45, 7) is 0.318.